The third kappa shape index (κ3) is 3.67. The van der Waals surface area contributed by atoms with Crippen LogP contribution in [0.25, 0.3) is 0 Å². The molecule has 19 heavy (non-hydrogen) atoms. The minimum absolute atomic E-state index is 0.0663. The third-order valence-electron chi connectivity index (χ3n) is 3.50. The molecular formula is C14H21N3O2. The van der Waals surface area contributed by atoms with Crippen LogP contribution in [0.5, 0.6) is 0 Å². The highest BCUT2D eigenvalue weighted by molar-refractivity contribution is 5.95. The monoisotopic (exact) mass is 263 g/mol. The highest BCUT2D eigenvalue weighted by atomic mass is 16.3. The fourth-order valence-electron chi connectivity index (χ4n) is 2.42. The van der Waals surface area contributed by atoms with Crippen molar-refractivity contribution in [3.8, 4) is 0 Å². The number of anilines is 1. The van der Waals surface area contributed by atoms with Crippen molar-refractivity contribution >= 4 is 11.7 Å². The predicted molar refractivity (Wildman–Crippen MR) is 74.2 cm³/mol. The van der Waals surface area contributed by atoms with Crippen molar-refractivity contribution in [1.82, 2.24) is 10.3 Å². The number of aliphatic hydroxyl groups excluding tert-OH is 1. The van der Waals surface area contributed by atoms with Gasteiger partial charge in [-0.25, -0.2) is 4.98 Å². The maximum atomic E-state index is 12.2. The number of carbonyl (C=O) groups is 1. The Morgan fingerprint density at radius 2 is 2.00 bits per heavy atom. The quantitative estimate of drug-likeness (QED) is 0.772. The first-order valence-corrected chi connectivity index (χ1v) is 6.74. The molecule has 0 atom stereocenters. The van der Waals surface area contributed by atoms with Crippen LogP contribution < -0.4 is 10.6 Å². The highest BCUT2D eigenvalue weighted by Crippen LogP contribution is 2.19. The Morgan fingerprint density at radius 3 is 2.63 bits per heavy atom. The number of nitrogens with one attached hydrogen (secondary N) is 2. The van der Waals surface area contributed by atoms with Gasteiger partial charge in [0, 0.05) is 24.3 Å². The Balaban J connectivity index is 2.01. The zero-order valence-electron chi connectivity index (χ0n) is 11.4. The molecule has 5 heteroatoms. The molecule has 0 radical (unpaired) electrons. The molecule has 0 unspecified atom stereocenters. The van der Waals surface area contributed by atoms with Crippen molar-refractivity contribution in [2.45, 2.75) is 44.8 Å². The van der Waals surface area contributed by atoms with E-state index in [9.17, 15) is 9.90 Å². The molecular weight excluding hydrogens is 242 g/mol. The summed E-state index contributed by atoms with van der Waals surface area (Å²) in [5.41, 5.74) is 1.44. The molecule has 2 rings (SSSR count). The van der Waals surface area contributed by atoms with Crippen LogP contribution in [0.3, 0.4) is 0 Å². The van der Waals surface area contributed by atoms with Crippen molar-refractivity contribution in [2.75, 3.05) is 12.4 Å². The van der Waals surface area contributed by atoms with E-state index in [1.807, 2.05) is 6.92 Å². The lowest BCUT2D eigenvalue weighted by atomic mass is 9.93. The topological polar surface area (TPSA) is 74.2 Å². The zero-order valence-corrected chi connectivity index (χ0v) is 11.4. The Kier molecular flexibility index (Phi) is 4.37. The number of rotatable bonds is 3. The van der Waals surface area contributed by atoms with E-state index in [1.165, 1.54) is 0 Å². The average molecular weight is 263 g/mol. The SMILES string of the molecule is CNc1cc(C(=O)NC2CCC(O)CC2)cc(C)n1. The van der Waals surface area contributed by atoms with E-state index in [0.717, 1.165) is 31.4 Å². The number of aromatic nitrogens is 1. The number of amides is 1. The van der Waals surface area contributed by atoms with Gasteiger partial charge < -0.3 is 15.7 Å². The van der Waals surface area contributed by atoms with Gasteiger partial charge in [-0.1, -0.05) is 0 Å². The van der Waals surface area contributed by atoms with Gasteiger partial charge >= 0.3 is 0 Å². The van der Waals surface area contributed by atoms with Gasteiger partial charge in [-0.3, -0.25) is 4.79 Å². The van der Waals surface area contributed by atoms with Crippen molar-refractivity contribution in [1.29, 1.82) is 0 Å². The molecule has 0 aliphatic heterocycles. The standard InChI is InChI=1S/C14H21N3O2/c1-9-7-10(8-13(15-2)16-9)14(19)17-11-3-5-12(18)6-4-11/h7-8,11-12,18H,3-6H2,1-2H3,(H,15,16)(H,17,19). The summed E-state index contributed by atoms with van der Waals surface area (Å²) < 4.78 is 0. The number of aryl methyl sites for hydroxylation is 1. The van der Waals surface area contributed by atoms with Crippen LogP contribution in [0.4, 0.5) is 5.82 Å². The second-order valence-electron chi connectivity index (χ2n) is 5.11. The van der Waals surface area contributed by atoms with Crippen LogP contribution in [0.1, 0.15) is 41.7 Å². The molecule has 1 heterocycles. The van der Waals surface area contributed by atoms with Crippen LogP contribution >= 0.6 is 0 Å². The summed E-state index contributed by atoms with van der Waals surface area (Å²) in [7, 11) is 1.78. The number of hydrogen-bond donors (Lipinski definition) is 3. The van der Waals surface area contributed by atoms with Crippen LogP contribution in [-0.2, 0) is 0 Å². The van der Waals surface area contributed by atoms with Crippen molar-refractivity contribution in [2.24, 2.45) is 0 Å². The van der Waals surface area contributed by atoms with Gasteiger partial charge in [0.15, 0.2) is 0 Å². The molecule has 1 aromatic rings. The average Bonchev–Trinajstić information content (AvgIpc) is 2.40. The normalized spacial score (nSPS) is 22.9. The fourth-order valence-corrected chi connectivity index (χ4v) is 2.42. The van der Waals surface area contributed by atoms with E-state index in [-0.39, 0.29) is 18.1 Å². The van der Waals surface area contributed by atoms with Gasteiger partial charge in [0.1, 0.15) is 5.82 Å². The Morgan fingerprint density at radius 1 is 1.32 bits per heavy atom. The predicted octanol–water partition coefficient (Wildman–Crippen LogP) is 1.47. The largest absolute Gasteiger partial charge is 0.393 e. The minimum Gasteiger partial charge on any atom is -0.393 e. The lowest BCUT2D eigenvalue weighted by Gasteiger charge is -2.26. The molecule has 0 aromatic carbocycles. The van der Waals surface area contributed by atoms with Gasteiger partial charge in [0.05, 0.1) is 6.10 Å². The number of pyridine rings is 1. The summed E-state index contributed by atoms with van der Waals surface area (Å²) in [5, 5.41) is 15.4. The second-order valence-corrected chi connectivity index (χ2v) is 5.11. The molecule has 1 aliphatic rings. The van der Waals surface area contributed by atoms with Crippen LogP contribution in [0.15, 0.2) is 12.1 Å². The summed E-state index contributed by atoms with van der Waals surface area (Å²) >= 11 is 0. The molecule has 0 bridgehead atoms. The zero-order chi connectivity index (χ0) is 13.8. The first-order valence-electron chi connectivity index (χ1n) is 6.74. The Hall–Kier alpha value is -1.62. The number of carbonyl (C=O) groups excluding carboxylic acids is 1. The molecule has 1 aromatic heterocycles. The molecule has 0 saturated heterocycles. The molecule has 1 saturated carbocycles. The second kappa shape index (κ2) is 6.02. The molecule has 3 N–H and O–H groups in total. The maximum Gasteiger partial charge on any atom is 0.251 e. The summed E-state index contributed by atoms with van der Waals surface area (Å²) in [6, 6.07) is 3.70. The van der Waals surface area contributed by atoms with E-state index in [2.05, 4.69) is 15.6 Å². The fraction of sp³-hybridized carbons (Fsp3) is 0.571. The van der Waals surface area contributed by atoms with E-state index >= 15 is 0 Å². The van der Waals surface area contributed by atoms with E-state index < -0.39 is 0 Å². The van der Waals surface area contributed by atoms with Gasteiger partial charge in [-0.15, -0.1) is 0 Å². The number of hydrogen-bond acceptors (Lipinski definition) is 4. The van der Waals surface area contributed by atoms with Crippen LogP contribution in [0.2, 0.25) is 0 Å². The summed E-state index contributed by atoms with van der Waals surface area (Å²) in [5.74, 6) is 0.632. The Bertz CT molecular complexity index is 454. The maximum absolute atomic E-state index is 12.2. The van der Waals surface area contributed by atoms with Crippen molar-refractivity contribution in [3.05, 3.63) is 23.4 Å². The number of aliphatic hydroxyl groups is 1. The third-order valence-corrected chi connectivity index (χ3v) is 3.50. The molecule has 1 fully saturated rings. The lowest BCUT2D eigenvalue weighted by Crippen LogP contribution is -2.38. The van der Waals surface area contributed by atoms with Crippen LogP contribution in [0, 0.1) is 6.92 Å². The van der Waals surface area contributed by atoms with E-state index in [4.69, 9.17) is 0 Å². The van der Waals surface area contributed by atoms with Crippen molar-refractivity contribution < 1.29 is 9.90 Å². The number of nitrogens with zero attached hydrogens (tertiary/aromatic N) is 1. The van der Waals surface area contributed by atoms with Crippen LogP contribution in [-0.4, -0.2) is 35.2 Å². The smallest absolute Gasteiger partial charge is 0.251 e. The minimum atomic E-state index is -0.202. The van der Waals surface area contributed by atoms with Gasteiger partial charge in [-0.2, -0.15) is 0 Å². The van der Waals surface area contributed by atoms with E-state index in [0.29, 0.717) is 11.4 Å². The van der Waals surface area contributed by atoms with Gasteiger partial charge in [0.25, 0.3) is 5.91 Å². The molecule has 104 valence electrons. The van der Waals surface area contributed by atoms with Gasteiger partial charge in [-0.05, 0) is 44.7 Å². The Labute approximate surface area is 113 Å². The van der Waals surface area contributed by atoms with Crippen molar-refractivity contribution in [3.63, 3.8) is 0 Å². The summed E-state index contributed by atoms with van der Waals surface area (Å²) in [6.45, 7) is 1.87. The molecule has 5 nitrogen and oxygen atoms in total. The highest BCUT2D eigenvalue weighted by Gasteiger charge is 2.21. The summed E-state index contributed by atoms with van der Waals surface area (Å²) in [6.07, 6.45) is 3.02. The summed E-state index contributed by atoms with van der Waals surface area (Å²) in [4.78, 5) is 16.5. The first-order chi connectivity index (χ1) is 9.08. The molecule has 1 amide bonds. The van der Waals surface area contributed by atoms with E-state index in [1.54, 1.807) is 19.2 Å². The van der Waals surface area contributed by atoms with Gasteiger partial charge in [0.2, 0.25) is 0 Å². The first kappa shape index (κ1) is 13.8. The molecule has 1 aliphatic carbocycles. The lowest BCUT2D eigenvalue weighted by molar-refractivity contribution is 0.0867. The molecule has 0 spiro atoms.